The Morgan fingerprint density at radius 1 is 1.07 bits per heavy atom. The molecule has 1 amide bonds. The summed E-state index contributed by atoms with van der Waals surface area (Å²) < 4.78 is 32.9. The lowest BCUT2D eigenvalue weighted by molar-refractivity contribution is -0.120. The average molecular weight is 403 g/mol. The Hall–Kier alpha value is -2.54. The maximum absolute atomic E-state index is 13.3. The van der Waals surface area contributed by atoms with Crippen LogP contribution in [0.2, 0.25) is 0 Å². The molecule has 6 nitrogen and oxygen atoms in total. The quantitative estimate of drug-likeness (QED) is 0.771. The minimum Gasteiger partial charge on any atom is -0.497 e. The van der Waals surface area contributed by atoms with E-state index in [1.54, 1.807) is 42.5 Å². The molecule has 0 saturated heterocycles. The van der Waals surface area contributed by atoms with Gasteiger partial charge in [0.25, 0.3) is 10.0 Å². The number of hydrogen-bond donors (Lipinski definition) is 1. The van der Waals surface area contributed by atoms with Gasteiger partial charge in [0.1, 0.15) is 12.3 Å². The Morgan fingerprint density at radius 3 is 2.46 bits per heavy atom. The van der Waals surface area contributed by atoms with Crippen molar-refractivity contribution in [3.05, 3.63) is 54.6 Å². The van der Waals surface area contributed by atoms with Crippen LogP contribution in [0.4, 0.5) is 5.69 Å². The zero-order valence-corrected chi connectivity index (χ0v) is 16.8. The maximum atomic E-state index is 13.3. The highest BCUT2D eigenvalue weighted by Gasteiger charge is 2.28. The molecule has 0 spiro atoms. The molecule has 0 aromatic heterocycles. The molecule has 2 aromatic carbocycles. The molecular weight excluding hydrogens is 376 g/mol. The molecule has 0 radical (unpaired) electrons. The molecule has 0 unspecified atom stereocenters. The summed E-state index contributed by atoms with van der Waals surface area (Å²) in [5, 5.41) is 2.99. The molecule has 1 saturated carbocycles. The molecule has 2 aromatic rings. The van der Waals surface area contributed by atoms with Gasteiger partial charge in [0.05, 0.1) is 17.7 Å². The molecule has 1 aliphatic carbocycles. The molecule has 1 fully saturated rings. The zero-order chi connectivity index (χ0) is 20.0. The van der Waals surface area contributed by atoms with Crippen LogP contribution in [0.3, 0.4) is 0 Å². The highest BCUT2D eigenvalue weighted by atomic mass is 32.2. The van der Waals surface area contributed by atoms with Gasteiger partial charge < -0.3 is 10.1 Å². The van der Waals surface area contributed by atoms with Gasteiger partial charge in [-0.3, -0.25) is 9.10 Å². The summed E-state index contributed by atoms with van der Waals surface area (Å²) in [5.41, 5.74) is 0.391. The number of carbonyl (C=O) groups is 1. The van der Waals surface area contributed by atoms with Gasteiger partial charge in [-0.2, -0.15) is 0 Å². The van der Waals surface area contributed by atoms with Crippen molar-refractivity contribution >= 4 is 21.6 Å². The molecule has 0 aliphatic heterocycles. The van der Waals surface area contributed by atoms with Crippen molar-refractivity contribution in [2.75, 3.05) is 18.0 Å². The van der Waals surface area contributed by atoms with E-state index in [1.807, 2.05) is 0 Å². The number of ether oxygens (including phenoxy) is 1. The fraction of sp³-hybridized carbons (Fsp3) is 0.381. The first-order valence-electron chi connectivity index (χ1n) is 9.52. The zero-order valence-electron chi connectivity index (χ0n) is 16.0. The smallest absolute Gasteiger partial charge is 0.264 e. The van der Waals surface area contributed by atoms with Crippen LogP contribution in [0.5, 0.6) is 5.75 Å². The van der Waals surface area contributed by atoms with Crippen molar-refractivity contribution < 1.29 is 17.9 Å². The standard InChI is InChI=1S/C21H26N2O4S/c1-27-19-12-8-11-18(15-19)23(28(25,26)20-13-6-3-7-14-20)16-21(24)22-17-9-4-2-5-10-17/h3,6-8,11-15,17H,2,4-5,9-10,16H2,1H3,(H,22,24). The van der Waals surface area contributed by atoms with Crippen molar-refractivity contribution in [2.45, 2.75) is 43.0 Å². The normalized spacial score (nSPS) is 15.0. The number of amides is 1. The molecular formula is C21H26N2O4S. The molecule has 0 atom stereocenters. The first-order valence-corrected chi connectivity index (χ1v) is 11.0. The Morgan fingerprint density at radius 2 is 1.79 bits per heavy atom. The summed E-state index contributed by atoms with van der Waals surface area (Å²) in [6, 6.07) is 15.0. The molecule has 7 heteroatoms. The topological polar surface area (TPSA) is 75.7 Å². The summed E-state index contributed by atoms with van der Waals surface area (Å²) in [6.07, 6.45) is 5.25. The largest absolute Gasteiger partial charge is 0.497 e. The Labute approximate surface area is 166 Å². The number of rotatable bonds is 7. The third-order valence-electron chi connectivity index (χ3n) is 4.93. The second kappa shape index (κ2) is 9.10. The van der Waals surface area contributed by atoms with E-state index in [0.29, 0.717) is 11.4 Å². The second-order valence-electron chi connectivity index (χ2n) is 6.93. The lowest BCUT2D eigenvalue weighted by Gasteiger charge is -2.27. The van der Waals surface area contributed by atoms with E-state index in [4.69, 9.17) is 4.74 Å². The summed E-state index contributed by atoms with van der Waals surface area (Å²) in [7, 11) is -2.38. The summed E-state index contributed by atoms with van der Waals surface area (Å²) in [4.78, 5) is 12.8. The number of nitrogens with one attached hydrogen (secondary N) is 1. The van der Waals surface area contributed by atoms with Crippen molar-refractivity contribution in [1.29, 1.82) is 0 Å². The molecule has 1 aliphatic rings. The van der Waals surface area contributed by atoms with E-state index in [1.165, 1.54) is 25.7 Å². The van der Waals surface area contributed by atoms with E-state index in [9.17, 15) is 13.2 Å². The molecule has 3 rings (SSSR count). The van der Waals surface area contributed by atoms with Gasteiger partial charge in [0.2, 0.25) is 5.91 Å². The summed E-state index contributed by atoms with van der Waals surface area (Å²) in [5.74, 6) is 0.229. The van der Waals surface area contributed by atoms with Crippen molar-refractivity contribution in [2.24, 2.45) is 0 Å². The molecule has 28 heavy (non-hydrogen) atoms. The number of hydrogen-bond acceptors (Lipinski definition) is 4. The summed E-state index contributed by atoms with van der Waals surface area (Å²) in [6.45, 7) is -0.277. The number of nitrogens with zero attached hydrogens (tertiary/aromatic N) is 1. The van der Waals surface area contributed by atoms with E-state index in [0.717, 1.165) is 30.0 Å². The van der Waals surface area contributed by atoms with Gasteiger partial charge in [-0.15, -0.1) is 0 Å². The van der Waals surface area contributed by atoms with E-state index < -0.39 is 10.0 Å². The third kappa shape index (κ3) is 4.84. The van der Waals surface area contributed by atoms with Crippen LogP contribution in [0.1, 0.15) is 32.1 Å². The van der Waals surface area contributed by atoms with Gasteiger partial charge in [-0.05, 0) is 37.1 Å². The second-order valence-corrected chi connectivity index (χ2v) is 8.79. The lowest BCUT2D eigenvalue weighted by atomic mass is 9.95. The molecule has 150 valence electrons. The van der Waals surface area contributed by atoms with Crippen LogP contribution < -0.4 is 14.4 Å². The third-order valence-corrected chi connectivity index (χ3v) is 6.72. The number of methoxy groups -OCH3 is 1. The van der Waals surface area contributed by atoms with Crippen LogP contribution in [0.25, 0.3) is 0 Å². The average Bonchev–Trinajstić information content (AvgIpc) is 2.73. The van der Waals surface area contributed by atoms with Crippen LogP contribution in [0.15, 0.2) is 59.5 Å². The van der Waals surface area contributed by atoms with E-state index >= 15 is 0 Å². The Kier molecular flexibility index (Phi) is 6.57. The molecule has 0 bridgehead atoms. The summed E-state index contributed by atoms with van der Waals surface area (Å²) >= 11 is 0. The fourth-order valence-electron chi connectivity index (χ4n) is 3.45. The fourth-order valence-corrected chi connectivity index (χ4v) is 4.88. The van der Waals surface area contributed by atoms with Crippen molar-refractivity contribution in [3.8, 4) is 5.75 Å². The Balaban J connectivity index is 1.89. The molecule has 1 N–H and O–H groups in total. The van der Waals surface area contributed by atoms with Crippen molar-refractivity contribution in [3.63, 3.8) is 0 Å². The Bertz CT molecular complexity index is 894. The van der Waals surface area contributed by atoms with Gasteiger partial charge in [-0.1, -0.05) is 43.5 Å². The van der Waals surface area contributed by atoms with Crippen molar-refractivity contribution in [1.82, 2.24) is 5.32 Å². The number of anilines is 1. The van der Waals surface area contributed by atoms with E-state index in [2.05, 4.69) is 5.32 Å². The first-order chi connectivity index (χ1) is 13.5. The number of benzene rings is 2. The monoisotopic (exact) mass is 402 g/mol. The number of sulfonamides is 1. The highest BCUT2D eigenvalue weighted by molar-refractivity contribution is 7.92. The number of carbonyl (C=O) groups excluding carboxylic acids is 1. The SMILES string of the molecule is COc1cccc(N(CC(=O)NC2CCCCC2)S(=O)(=O)c2ccccc2)c1. The van der Waals surface area contributed by atoms with E-state index in [-0.39, 0.29) is 23.4 Å². The van der Waals surface area contributed by atoms with Crippen LogP contribution in [-0.2, 0) is 14.8 Å². The predicted octanol–water partition coefficient (Wildman–Crippen LogP) is 3.34. The first kappa shape index (κ1) is 20.2. The molecule has 0 heterocycles. The van der Waals surface area contributed by atoms with Crippen LogP contribution in [0, 0.1) is 0 Å². The highest BCUT2D eigenvalue weighted by Crippen LogP contribution is 2.27. The maximum Gasteiger partial charge on any atom is 0.264 e. The predicted molar refractivity (Wildman–Crippen MR) is 109 cm³/mol. The van der Waals surface area contributed by atoms with Crippen LogP contribution >= 0.6 is 0 Å². The van der Waals surface area contributed by atoms with Gasteiger partial charge in [0.15, 0.2) is 0 Å². The van der Waals surface area contributed by atoms with Crippen LogP contribution in [-0.4, -0.2) is 34.0 Å². The minimum absolute atomic E-state index is 0.118. The minimum atomic E-state index is -3.90. The van der Waals surface area contributed by atoms with Gasteiger partial charge in [0, 0.05) is 12.1 Å². The van der Waals surface area contributed by atoms with Gasteiger partial charge >= 0.3 is 0 Å². The lowest BCUT2D eigenvalue weighted by Crippen LogP contribution is -2.44. The van der Waals surface area contributed by atoms with Gasteiger partial charge in [-0.25, -0.2) is 8.42 Å².